The highest BCUT2D eigenvalue weighted by Gasteiger charge is 2.12. The Labute approximate surface area is 121 Å². The zero-order chi connectivity index (χ0) is 15.4. The lowest BCUT2D eigenvalue weighted by Gasteiger charge is -2.14. The lowest BCUT2D eigenvalue weighted by atomic mass is 10.1. The molecule has 0 radical (unpaired) electrons. The minimum Gasteiger partial charge on any atom is -0.488 e. The summed E-state index contributed by atoms with van der Waals surface area (Å²) >= 11 is 0. The zero-order valence-electron chi connectivity index (χ0n) is 11.3. The molecule has 1 N–H and O–H groups in total. The van der Waals surface area contributed by atoms with Gasteiger partial charge in [-0.15, -0.1) is 0 Å². The highest BCUT2D eigenvalue weighted by molar-refractivity contribution is 5.37. The van der Waals surface area contributed by atoms with Crippen molar-refractivity contribution in [3.8, 4) is 11.8 Å². The molecule has 1 atom stereocenters. The number of ether oxygens (including phenoxy) is 1. The van der Waals surface area contributed by atoms with Crippen molar-refractivity contribution in [2.45, 2.75) is 19.6 Å². The van der Waals surface area contributed by atoms with E-state index in [1.54, 1.807) is 0 Å². The van der Waals surface area contributed by atoms with E-state index in [2.05, 4.69) is 0 Å². The standard InChI is InChI=1S/C16H13F2NO2/c1-10(20)14-7-13(17)3-5-16(14)21-9-12-6-11(8-19)2-4-15(12)18/h2-7,10,20H,9H2,1H3. The predicted molar refractivity (Wildman–Crippen MR) is 72.5 cm³/mol. The summed E-state index contributed by atoms with van der Waals surface area (Å²) < 4.78 is 32.2. The number of hydrogen-bond donors (Lipinski definition) is 1. The molecule has 5 heteroatoms. The van der Waals surface area contributed by atoms with Gasteiger partial charge in [0.2, 0.25) is 0 Å². The van der Waals surface area contributed by atoms with Crippen LogP contribution >= 0.6 is 0 Å². The largest absolute Gasteiger partial charge is 0.488 e. The summed E-state index contributed by atoms with van der Waals surface area (Å²) in [6, 6.07) is 9.62. The summed E-state index contributed by atoms with van der Waals surface area (Å²) in [4.78, 5) is 0. The Morgan fingerprint density at radius 2 is 2.00 bits per heavy atom. The molecule has 1 unspecified atom stereocenters. The van der Waals surface area contributed by atoms with Gasteiger partial charge in [-0.05, 0) is 43.3 Å². The molecule has 0 aliphatic rings. The summed E-state index contributed by atoms with van der Waals surface area (Å²) in [6.45, 7) is 1.37. The maximum absolute atomic E-state index is 13.6. The Kier molecular flexibility index (Phi) is 4.51. The Morgan fingerprint density at radius 3 is 2.67 bits per heavy atom. The second-order valence-electron chi connectivity index (χ2n) is 4.56. The van der Waals surface area contributed by atoms with Crippen LogP contribution in [0.5, 0.6) is 5.75 Å². The third kappa shape index (κ3) is 3.56. The van der Waals surface area contributed by atoms with Crippen molar-refractivity contribution in [2.75, 3.05) is 0 Å². The molecule has 3 nitrogen and oxygen atoms in total. The molecule has 0 aliphatic carbocycles. The fourth-order valence-corrected chi connectivity index (χ4v) is 1.89. The first kappa shape index (κ1) is 14.9. The third-order valence-electron chi connectivity index (χ3n) is 2.98. The topological polar surface area (TPSA) is 53.2 Å². The van der Waals surface area contributed by atoms with Crippen LogP contribution in [-0.2, 0) is 6.61 Å². The molecule has 2 aromatic carbocycles. The second kappa shape index (κ2) is 6.33. The first-order valence-electron chi connectivity index (χ1n) is 6.30. The summed E-state index contributed by atoms with van der Waals surface area (Å²) in [5.41, 5.74) is 0.826. The lowest BCUT2D eigenvalue weighted by molar-refractivity contribution is 0.189. The van der Waals surface area contributed by atoms with Gasteiger partial charge in [0.15, 0.2) is 0 Å². The van der Waals surface area contributed by atoms with Crippen molar-refractivity contribution in [1.82, 2.24) is 0 Å². The average molecular weight is 289 g/mol. The maximum Gasteiger partial charge on any atom is 0.129 e. The van der Waals surface area contributed by atoms with E-state index >= 15 is 0 Å². The molecule has 2 rings (SSSR count). The highest BCUT2D eigenvalue weighted by atomic mass is 19.1. The van der Waals surface area contributed by atoms with Crippen LogP contribution in [0, 0.1) is 23.0 Å². The fraction of sp³-hybridized carbons (Fsp3) is 0.188. The molecule has 21 heavy (non-hydrogen) atoms. The summed E-state index contributed by atoms with van der Waals surface area (Å²) in [5, 5.41) is 18.4. The van der Waals surface area contributed by atoms with Gasteiger partial charge in [-0.2, -0.15) is 5.26 Å². The van der Waals surface area contributed by atoms with E-state index in [4.69, 9.17) is 10.00 Å². The van der Waals surface area contributed by atoms with Crippen LogP contribution in [0.3, 0.4) is 0 Å². The first-order chi connectivity index (χ1) is 10.0. The van der Waals surface area contributed by atoms with Gasteiger partial charge >= 0.3 is 0 Å². The molecule has 0 saturated heterocycles. The number of nitriles is 1. The van der Waals surface area contributed by atoms with Gasteiger partial charge in [0, 0.05) is 11.1 Å². The molecule has 2 aromatic rings. The fourth-order valence-electron chi connectivity index (χ4n) is 1.89. The summed E-state index contributed by atoms with van der Waals surface area (Å²) in [5.74, 6) is -0.709. The molecular weight excluding hydrogens is 276 g/mol. The Morgan fingerprint density at radius 1 is 1.24 bits per heavy atom. The van der Waals surface area contributed by atoms with Crippen LogP contribution in [0.4, 0.5) is 8.78 Å². The second-order valence-corrected chi connectivity index (χ2v) is 4.56. The van der Waals surface area contributed by atoms with Crippen molar-refractivity contribution >= 4 is 0 Å². The molecule has 0 bridgehead atoms. The SMILES string of the molecule is CC(O)c1cc(F)ccc1OCc1cc(C#N)ccc1F. The molecule has 0 amide bonds. The van der Waals surface area contributed by atoms with Gasteiger partial charge < -0.3 is 9.84 Å². The number of benzene rings is 2. The van der Waals surface area contributed by atoms with Gasteiger partial charge in [0.05, 0.1) is 17.7 Å². The van der Waals surface area contributed by atoms with Crippen LogP contribution < -0.4 is 4.74 Å². The smallest absolute Gasteiger partial charge is 0.129 e. The van der Waals surface area contributed by atoms with Gasteiger partial charge in [-0.3, -0.25) is 0 Å². The number of aliphatic hydroxyl groups is 1. The van der Waals surface area contributed by atoms with E-state index in [1.807, 2.05) is 6.07 Å². The van der Waals surface area contributed by atoms with Crippen molar-refractivity contribution in [3.63, 3.8) is 0 Å². The quantitative estimate of drug-likeness (QED) is 0.937. The van der Waals surface area contributed by atoms with Crippen molar-refractivity contribution < 1.29 is 18.6 Å². The van der Waals surface area contributed by atoms with Crippen LogP contribution in [-0.4, -0.2) is 5.11 Å². The van der Waals surface area contributed by atoms with Crippen molar-refractivity contribution in [1.29, 1.82) is 5.26 Å². The van der Waals surface area contributed by atoms with Crippen molar-refractivity contribution in [2.24, 2.45) is 0 Å². The average Bonchev–Trinajstić information content (AvgIpc) is 2.47. The van der Waals surface area contributed by atoms with Gasteiger partial charge in [0.25, 0.3) is 0 Å². The Bertz CT molecular complexity index is 693. The van der Waals surface area contributed by atoms with Crippen LogP contribution in [0.15, 0.2) is 36.4 Å². The number of halogens is 2. The van der Waals surface area contributed by atoms with E-state index in [0.717, 1.165) is 0 Å². The monoisotopic (exact) mass is 289 g/mol. The molecule has 0 aliphatic heterocycles. The summed E-state index contributed by atoms with van der Waals surface area (Å²) in [7, 11) is 0. The first-order valence-corrected chi connectivity index (χ1v) is 6.30. The van der Waals surface area contributed by atoms with E-state index in [1.165, 1.54) is 43.3 Å². The number of rotatable bonds is 4. The zero-order valence-corrected chi connectivity index (χ0v) is 11.3. The lowest BCUT2D eigenvalue weighted by Crippen LogP contribution is -2.03. The van der Waals surface area contributed by atoms with Gasteiger partial charge in [-0.25, -0.2) is 8.78 Å². The molecular formula is C16H13F2NO2. The molecule has 108 valence electrons. The van der Waals surface area contributed by atoms with E-state index < -0.39 is 17.7 Å². The Hall–Kier alpha value is -2.45. The number of hydrogen-bond acceptors (Lipinski definition) is 3. The highest BCUT2D eigenvalue weighted by Crippen LogP contribution is 2.27. The molecule has 0 heterocycles. The molecule has 0 aromatic heterocycles. The third-order valence-corrected chi connectivity index (χ3v) is 2.98. The van der Waals surface area contributed by atoms with Crippen LogP contribution in [0.2, 0.25) is 0 Å². The summed E-state index contributed by atoms with van der Waals surface area (Å²) in [6.07, 6.45) is -0.911. The van der Waals surface area contributed by atoms with Gasteiger partial charge in [0.1, 0.15) is 24.0 Å². The van der Waals surface area contributed by atoms with E-state index in [9.17, 15) is 13.9 Å². The predicted octanol–water partition coefficient (Wildman–Crippen LogP) is 3.47. The molecule has 0 fully saturated rings. The van der Waals surface area contributed by atoms with E-state index in [-0.39, 0.29) is 23.5 Å². The normalized spacial score (nSPS) is 11.8. The molecule has 0 spiro atoms. The maximum atomic E-state index is 13.6. The number of nitrogens with zero attached hydrogens (tertiary/aromatic N) is 1. The minimum atomic E-state index is -0.911. The molecule has 0 saturated carbocycles. The van der Waals surface area contributed by atoms with Crippen LogP contribution in [0.25, 0.3) is 0 Å². The number of aliphatic hydroxyl groups excluding tert-OH is 1. The Balaban J connectivity index is 2.23. The van der Waals surface area contributed by atoms with Crippen molar-refractivity contribution in [3.05, 3.63) is 64.7 Å². The van der Waals surface area contributed by atoms with E-state index in [0.29, 0.717) is 5.56 Å². The minimum absolute atomic E-state index is 0.118. The van der Waals surface area contributed by atoms with Gasteiger partial charge in [-0.1, -0.05) is 0 Å². The van der Waals surface area contributed by atoms with Crippen LogP contribution in [0.1, 0.15) is 29.7 Å².